The number of pyridine rings is 1. The van der Waals surface area contributed by atoms with Gasteiger partial charge in [0.25, 0.3) is 5.91 Å². The Morgan fingerprint density at radius 2 is 1.97 bits per heavy atom. The number of carbonyl (C=O) groups is 2. The number of nitrogens with zero attached hydrogens (tertiary/aromatic N) is 2. The van der Waals surface area contributed by atoms with E-state index in [4.69, 9.17) is 14.1 Å². The third kappa shape index (κ3) is 4.32. The Hall–Kier alpha value is -3.92. The largest absolute Gasteiger partial charge is 0.465 e. The molecular formula is C27H27N3O4. The van der Waals surface area contributed by atoms with E-state index in [0.29, 0.717) is 29.3 Å². The van der Waals surface area contributed by atoms with E-state index in [1.807, 2.05) is 56.3 Å². The molecule has 1 aliphatic carbocycles. The third-order valence-corrected chi connectivity index (χ3v) is 6.43. The number of hydrogen-bond donors (Lipinski definition) is 1. The van der Waals surface area contributed by atoms with Crippen LogP contribution in [0.5, 0.6) is 0 Å². The van der Waals surface area contributed by atoms with Gasteiger partial charge >= 0.3 is 5.97 Å². The van der Waals surface area contributed by atoms with Crippen LogP contribution < -0.4 is 5.32 Å². The number of nitriles is 1. The van der Waals surface area contributed by atoms with E-state index < -0.39 is 23.5 Å². The summed E-state index contributed by atoms with van der Waals surface area (Å²) in [4.78, 5) is 31.0. The maximum absolute atomic E-state index is 13.4. The van der Waals surface area contributed by atoms with Gasteiger partial charge in [-0.25, -0.2) is 9.78 Å². The molecule has 1 amide bonds. The summed E-state index contributed by atoms with van der Waals surface area (Å²) in [5.74, 6) is -0.492. The number of allylic oxidation sites excluding steroid dienone is 1. The molecule has 1 N–H and O–H groups in total. The average molecular weight is 458 g/mol. The average Bonchev–Trinajstić information content (AvgIpc) is 3.47. The first kappa shape index (κ1) is 23.2. The van der Waals surface area contributed by atoms with E-state index in [1.165, 1.54) is 6.92 Å². The monoisotopic (exact) mass is 457 g/mol. The summed E-state index contributed by atoms with van der Waals surface area (Å²) in [6.07, 6.45) is 3.82. The maximum Gasteiger partial charge on any atom is 0.339 e. The van der Waals surface area contributed by atoms with E-state index in [0.717, 1.165) is 22.6 Å². The number of carbonyl (C=O) groups excluding carboxylic acids is 2. The van der Waals surface area contributed by atoms with Crippen LogP contribution in [0.15, 0.2) is 47.1 Å². The van der Waals surface area contributed by atoms with Gasteiger partial charge in [0.15, 0.2) is 6.10 Å². The van der Waals surface area contributed by atoms with Crippen LogP contribution in [0.3, 0.4) is 0 Å². The Bertz CT molecular complexity index is 1320. The molecule has 2 unspecified atom stereocenters. The van der Waals surface area contributed by atoms with Crippen LogP contribution in [-0.2, 0) is 16.0 Å². The number of fused-ring (bicyclic) bond motifs is 2. The fourth-order valence-corrected chi connectivity index (χ4v) is 3.99. The standard InChI is InChI=1S/C27H27N3O4/c1-16(2)27(4,15-28)30-25(31)17(3)34-26(32)23-20-9-5-6-10-22(20)29-24-18(11-12-21(23)24)14-19-8-7-13-33-19/h5-10,13-14,16-17H,11-12H2,1-4H3,(H,30,31)/b18-14+. The summed E-state index contributed by atoms with van der Waals surface area (Å²) in [6, 6.07) is 13.2. The maximum atomic E-state index is 13.4. The van der Waals surface area contributed by atoms with Gasteiger partial charge in [0.05, 0.1) is 29.1 Å². The van der Waals surface area contributed by atoms with Gasteiger partial charge in [0.2, 0.25) is 0 Å². The molecule has 4 rings (SSSR count). The van der Waals surface area contributed by atoms with Crippen LogP contribution in [0, 0.1) is 17.2 Å². The van der Waals surface area contributed by atoms with Crippen LogP contribution in [-0.4, -0.2) is 28.5 Å². The summed E-state index contributed by atoms with van der Waals surface area (Å²) in [5, 5.41) is 12.9. The van der Waals surface area contributed by atoms with Crippen LogP contribution in [0.2, 0.25) is 0 Å². The van der Waals surface area contributed by atoms with Crippen molar-refractivity contribution in [1.29, 1.82) is 5.26 Å². The lowest BCUT2D eigenvalue weighted by atomic mass is 9.90. The first-order valence-electron chi connectivity index (χ1n) is 11.3. The predicted molar refractivity (Wildman–Crippen MR) is 129 cm³/mol. The van der Waals surface area contributed by atoms with Crippen molar-refractivity contribution in [3.63, 3.8) is 0 Å². The minimum absolute atomic E-state index is 0.115. The smallest absolute Gasteiger partial charge is 0.339 e. The van der Waals surface area contributed by atoms with Crippen LogP contribution in [0.1, 0.15) is 61.5 Å². The van der Waals surface area contributed by atoms with Crippen molar-refractivity contribution >= 4 is 34.4 Å². The summed E-state index contributed by atoms with van der Waals surface area (Å²) in [6.45, 7) is 6.86. The number of hydrogen-bond acceptors (Lipinski definition) is 6. The second-order valence-corrected chi connectivity index (χ2v) is 9.02. The Morgan fingerprint density at radius 1 is 1.21 bits per heavy atom. The third-order valence-electron chi connectivity index (χ3n) is 6.43. The first-order valence-corrected chi connectivity index (χ1v) is 11.3. The van der Waals surface area contributed by atoms with E-state index >= 15 is 0 Å². The molecule has 1 aromatic carbocycles. The second-order valence-electron chi connectivity index (χ2n) is 9.02. The number of esters is 1. The molecule has 0 spiro atoms. The van der Waals surface area contributed by atoms with Crippen LogP contribution >= 0.6 is 0 Å². The second kappa shape index (κ2) is 9.14. The molecule has 7 heteroatoms. The molecule has 174 valence electrons. The van der Waals surface area contributed by atoms with Crippen molar-refractivity contribution in [2.24, 2.45) is 5.92 Å². The lowest BCUT2D eigenvalue weighted by Crippen LogP contribution is -2.52. The lowest BCUT2D eigenvalue weighted by Gasteiger charge is -2.28. The van der Waals surface area contributed by atoms with Gasteiger partial charge in [-0.1, -0.05) is 32.0 Å². The van der Waals surface area contributed by atoms with E-state index in [9.17, 15) is 14.9 Å². The van der Waals surface area contributed by atoms with Gasteiger partial charge in [0, 0.05) is 5.39 Å². The fourth-order valence-electron chi connectivity index (χ4n) is 3.99. The molecular weight excluding hydrogens is 430 g/mol. The molecule has 0 bridgehead atoms. The van der Waals surface area contributed by atoms with Crippen molar-refractivity contribution in [3.05, 3.63) is 65.2 Å². The van der Waals surface area contributed by atoms with Crippen LogP contribution in [0.4, 0.5) is 0 Å². The molecule has 0 saturated heterocycles. The predicted octanol–water partition coefficient (Wildman–Crippen LogP) is 4.91. The highest BCUT2D eigenvalue weighted by molar-refractivity contribution is 6.07. The zero-order chi connectivity index (χ0) is 24.5. The van der Waals surface area contributed by atoms with Crippen molar-refractivity contribution in [2.75, 3.05) is 0 Å². The number of benzene rings is 1. The molecule has 0 aliphatic heterocycles. The highest BCUT2D eigenvalue weighted by atomic mass is 16.5. The van der Waals surface area contributed by atoms with Gasteiger partial charge in [-0.2, -0.15) is 5.26 Å². The number of nitrogens with one attached hydrogen (secondary N) is 1. The minimum atomic E-state index is -1.07. The summed E-state index contributed by atoms with van der Waals surface area (Å²) in [7, 11) is 0. The van der Waals surface area contributed by atoms with Gasteiger partial charge < -0.3 is 14.5 Å². The number of para-hydroxylation sites is 1. The summed E-state index contributed by atoms with van der Waals surface area (Å²) >= 11 is 0. The lowest BCUT2D eigenvalue weighted by molar-refractivity contribution is -0.130. The number of aromatic nitrogens is 1. The molecule has 2 atom stereocenters. The van der Waals surface area contributed by atoms with Crippen LogP contribution in [0.25, 0.3) is 22.6 Å². The Morgan fingerprint density at radius 3 is 2.65 bits per heavy atom. The summed E-state index contributed by atoms with van der Waals surface area (Å²) < 4.78 is 11.1. The van der Waals surface area contributed by atoms with Crippen molar-refractivity contribution in [3.8, 4) is 6.07 Å². The molecule has 0 radical (unpaired) electrons. The molecule has 3 aromatic rings. The van der Waals surface area contributed by atoms with Gasteiger partial charge in [-0.3, -0.25) is 4.79 Å². The molecule has 34 heavy (non-hydrogen) atoms. The fraction of sp³-hybridized carbons (Fsp3) is 0.333. The van der Waals surface area contributed by atoms with Gasteiger partial charge in [0.1, 0.15) is 11.3 Å². The molecule has 1 aliphatic rings. The zero-order valence-corrected chi connectivity index (χ0v) is 19.7. The Balaban J connectivity index is 1.67. The highest BCUT2D eigenvalue weighted by Crippen LogP contribution is 2.38. The Kier molecular flexibility index (Phi) is 6.25. The molecule has 0 fully saturated rings. The van der Waals surface area contributed by atoms with E-state index in [1.54, 1.807) is 13.2 Å². The normalized spacial score (nSPS) is 16.6. The van der Waals surface area contributed by atoms with E-state index in [-0.39, 0.29) is 5.92 Å². The highest BCUT2D eigenvalue weighted by Gasteiger charge is 2.34. The first-order chi connectivity index (χ1) is 16.2. The van der Waals surface area contributed by atoms with Gasteiger partial charge in [-0.15, -0.1) is 0 Å². The topological polar surface area (TPSA) is 105 Å². The molecule has 7 nitrogen and oxygen atoms in total. The molecule has 0 saturated carbocycles. The number of rotatable bonds is 6. The number of furan rings is 1. The van der Waals surface area contributed by atoms with Crippen molar-refractivity contribution in [2.45, 2.75) is 52.2 Å². The Labute approximate surface area is 198 Å². The van der Waals surface area contributed by atoms with Crippen molar-refractivity contribution < 1.29 is 18.7 Å². The number of ether oxygens (including phenoxy) is 1. The van der Waals surface area contributed by atoms with E-state index in [2.05, 4.69) is 11.4 Å². The van der Waals surface area contributed by atoms with Gasteiger partial charge in [-0.05, 0) is 68.0 Å². The molecule has 2 aromatic heterocycles. The minimum Gasteiger partial charge on any atom is -0.465 e. The molecule has 2 heterocycles. The zero-order valence-electron chi connectivity index (χ0n) is 19.7. The number of amides is 1. The SMILES string of the molecule is CC(OC(=O)c1c2c(nc3ccccc13)/C(=C/c1ccco1)CC2)C(=O)NC(C)(C#N)C(C)C. The summed E-state index contributed by atoms with van der Waals surface area (Å²) in [5.41, 5.74) is 2.57. The van der Waals surface area contributed by atoms with Crippen molar-refractivity contribution in [1.82, 2.24) is 10.3 Å². The quantitative estimate of drug-likeness (QED) is 0.527.